The van der Waals surface area contributed by atoms with Crippen LogP contribution in [-0.4, -0.2) is 18.3 Å². The van der Waals surface area contributed by atoms with Gasteiger partial charge in [0.2, 0.25) is 0 Å². The first-order valence-corrected chi connectivity index (χ1v) is 6.45. The molecular formula is C14H17F3N2O. The Balaban J connectivity index is 2.56. The lowest BCUT2D eigenvalue weighted by atomic mass is 10.1. The monoisotopic (exact) mass is 286 g/mol. The fourth-order valence-electron chi connectivity index (χ4n) is 1.78. The van der Waals surface area contributed by atoms with Gasteiger partial charge < -0.3 is 10.4 Å². The van der Waals surface area contributed by atoms with E-state index in [1.807, 2.05) is 0 Å². The van der Waals surface area contributed by atoms with E-state index in [1.165, 1.54) is 6.07 Å². The van der Waals surface area contributed by atoms with Crippen LogP contribution in [0.2, 0.25) is 0 Å². The second kappa shape index (κ2) is 7.75. The predicted molar refractivity (Wildman–Crippen MR) is 70.2 cm³/mol. The lowest BCUT2D eigenvalue weighted by Crippen LogP contribution is -2.08. The highest BCUT2D eigenvalue weighted by molar-refractivity contribution is 5.58. The summed E-state index contributed by atoms with van der Waals surface area (Å²) in [5.74, 6) is 0. The molecule has 0 aromatic heterocycles. The van der Waals surface area contributed by atoms with Crippen LogP contribution in [0, 0.1) is 11.3 Å². The normalized spacial score (nSPS) is 11.2. The third-order valence-electron chi connectivity index (χ3n) is 2.87. The van der Waals surface area contributed by atoms with E-state index in [-0.39, 0.29) is 12.2 Å². The van der Waals surface area contributed by atoms with Crippen LogP contribution < -0.4 is 5.32 Å². The highest BCUT2D eigenvalue weighted by Crippen LogP contribution is 2.31. The van der Waals surface area contributed by atoms with Gasteiger partial charge in [0.1, 0.15) is 6.07 Å². The second-order valence-corrected chi connectivity index (χ2v) is 4.43. The third-order valence-corrected chi connectivity index (χ3v) is 2.87. The van der Waals surface area contributed by atoms with Gasteiger partial charge in [0.05, 0.1) is 16.8 Å². The van der Waals surface area contributed by atoms with Gasteiger partial charge in [0.25, 0.3) is 0 Å². The summed E-state index contributed by atoms with van der Waals surface area (Å²) >= 11 is 0. The minimum absolute atomic E-state index is 0.00446. The zero-order valence-corrected chi connectivity index (χ0v) is 11.0. The summed E-state index contributed by atoms with van der Waals surface area (Å²) < 4.78 is 37.5. The molecule has 20 heavy (non-hydrogen) atoms. The molecule has 3 nitrogen and oxygen atoms in total. The summed E-state index contributed by atoms with van der Waals surface area (Å²) in [7, 11) is 0. The van der Waals surface area contributed by atoms with Crippen molar-refractivity contribution >= 4 is 5.69 Å². The maximum Gasteiger partial charge on any atom is 0.416 e. The maximum absolute atomic E-state index is 12.5. The van der Waals surface area contributed by atoms with Gasteiger partial charge in [0.15, 0.2) is 0 Å². The van der Waals surface area contributed by atoms with Crippen LogP contribution in [0.3, 0.4) is 0 Å². The summed E-state index contributed by atoms with van der Waals surface area (Å²) in [4.78, 5) is 0. The third kappa shape index (κ3) is 5.10. The zero-order valence-electron chi connectivity index (χ0n) is 11.0. The summed E-state index contributed by atoms with van der Waals surface area (Å²) in [5, 5.41) is 20.5. The molecule has 0 aliphatic heterocycles. The second-order valence-electron chi connectivity index (χ2n) is 4.43. The number of nitrogens with zero attached hydrogens (tertiary/aromatic N) is 1. The Kier molecular flexibility index (Phi) is 6.32. The van der Waals surface area contributed by atoms with E-state index in [1.54, 1.807) is 6.07 Å². The number of benzene rings is 1. The van der Waals surface area contributed by atoms with Crippen molar-refractivity contribution in [1.29, 1.82) is 5.26 Å². The van der Waals surface area contributed by atoms with Gasteiger partial charge >= 0.3 is 6.18 Å². The predicted octanol–water partition coefficient (Wildman–Crippen LogP) is 3.54. The van der Waals surface area contributed by atoms with Crippen LogP contribution in [0.15, 0.2) is 18.2 Å². The van der Waals surface area contributed by atoms with E-state index in [2.05, 4.69) is 5.32 Å². The number of anilines is 1. The molecule has 0 spiro atoms. The van der Waals surface area contributed by atoms with E-state index < -0.39 is 11.7 Å². The molecule has 0 aliphatic carbocycles. The highest BCUT2D eigenvalue weighted by Gasteiger charge is 2.30. The lowest BCUT2D eigenvalue weighted by molar-refractivity contribution is -0.137. The quantitative estimate of drug-likeness (QED) is 0.754. The Bertz CT molecular complexity index is 466. The SMILES string of the molecule is N#Cc1cc(C(F)(F)F)ccc1NCCCCCCO. The topological polar surface area (TPSA) is 56.0 Å². The summed E-state index contributed by atoms with van der Waals surface area (Å²) in [6.45, 7) is 0.760. The van der Waals surface area contributed by atoms with Crippen molar-refractivity contribution in [3.8, 4) is 6.07 Å². The summed E-state index contributed by atoms with van der Waals surface area (Å²) in [6.07, 6.45) is -1.00. The van der Waals surface area contributed by atoms with Gasteiger partial charge in [-0.2, -0.15) is 18.4 Å². The molecule has 0 saturated carbocycles. The molecular weight excluding hydrogens is 269 g/mol. The van der Waals surface area contributed by atoms with Crippen molar-refractivity contribution in [2.24, 2.45) is 0 Å². The number of aliphatic hydroxyl groups is 1. The van der Waals surface area contributed by atoms with Crippen molar-refractivity contribution in [1.82, 2.24) is 0 Å². The Morgan fingerprint density at radius 1 is 1.15 bits per heavy atom. The van der Waals surface area contributed by atoms with Crippen LogP contribution in [0.5, 0.6) is 0 Å². The standard InChI is InChI=1S/C14H17F3N2O/c15-14(16,17)12-5-6-13(11(9-12)10-18)19-7-3-1-2-4-8-20/h5-6,9,19-20H,1-4,7-8H2. The summed E-state index contributed by atoms with van der Waals surface area (Å²) in [5.41, 5.74) is -0.402. The Hall–Kier alpha value is -1.74. The molecule has 0 bridgehead atoms. The molecule has 1 aromatic carbocycles. The van der Waals surface area contributed by atoms with Gasteiger partial charge in [-0.1, -0.05) is 12.8 Å². The Morgan fingerprint density at radius 3 is 2.45 bits per heavy atom. The van der Waals surface area contributed by atoms with Crippen LogP contribution in [0.25, 0.3) is 0 Å². The lowest BCUT2D eigenvalue weighted by Gasteiger charge is -2.11. The molecule has 0 heterocycles. The van der Waals surface area contributed by atoms with E-state index >= 15 is 0 Å². The molecule has 0 radical (unpaired) electrons. The molecule has 0 atom stereocenters. The van der Waals surface area contributed by atoms with Crippen molar-refractivity contribution in [2.45, 2.75) is 31.9 Å². The maximum atomic E-state index is 12.5. The fraction of sp³-hybridized carbons (Fsp3) is 0.500. The van der Waals surface area contributed by atoms with Crippen molar-refractivity contribution < 1.29 is 18.3 Å². The minimum Gasteiger partial charge on any atom is -0.396 e. The molecule has 0 fully saturated rings. The number of hydrogen-bond donors (Lipinski definition) is 2. The van der Waals surface area contributed by atoms with Crippen molar-refractivity contribution in [3.63, 3.8) is 0 Å². The van der Waals surface area contributed by atoms with Crippen molar-refractivity contribution in [2.75, 3.05) is 18.5 Å². The molecule has 0 aliphatic rings. The van der Waals surface area contributed by atoms with Crippen LogP contribution in [0.1, 0.15) is 36.8 Å². The first-order chi connectivity index (χ1) is 9.49. The molecule has 2 N–H and O–H groups in total. The van der Waals surface area contributed by atoms with Crippen molar-refractivity contribution in [3.05, 3.63) is 29.3 Å². The number of alkyl halides is 3. The number of unbranched alkanes of at least 4 members (excludes halogenated alkanes) is 3. The van der Waals surface area contributed by atoms with Crippen LogP contribution in [-0.2, 0) is 6.18 Å². The fourth-order valence-corrected chi connectivity index (χ4v) is 1.78. The van der Waals surface area contributed by atoms with Crippen LogP contribution in [0.4, 0.5) is 18.9 Å². The first-order valence-electron chi connectivity index (χ1n) is 6.45. The van der Waals surface area contributed by atoms with E-state index in [0.717, 1.165) is 37.8 Å². The molecule has 1 rings (SSSR count). The number of aliphatic hydroxyl groups excluding tert-OH is 1. The van der Waals surface area contributed by atoms with Gasteiger partial charge in [-0.3, -0.25) is 0 Å². The first kappa shape index (κ1) is 16.3. The molecule has 110 valence electrons. The Morgan fingerprint density at radius 2 is 1.85 bits per heavy atom. The van der Waals surface area contributed by atoms with E-state index in [4.69, 9.17) is 10.4 Å². The molecule has 0 unspecified atom stereocenters. The molecule has 1 aromatic rings. The molecule has 0 amide bonds. The van der Waals surface area contributed by atoms with E-state index in [9.17, 15) is 13.2 Å². The van der Waals surface area contributed by atoms with Gasteiger partial charge in [-0.05, 0) is 31.0 Å². The number of nitriles is 1. The van der Waals surface area contributed by atoms with Gasteiger partial charge in [-0.25, -0.2) is 0 Å². The molecule has 6 heteroatoms. The average molecular weight is 286 g/mol. The largest absolute Gasteiger partial charge is 0.416 e. The summed E-state index contributed by atoms with van der Waals surface area (Å²) in [6, 6.07) is 4.88. The number of halogens is 3. The van der Waals surface area contributed by atoms with Crippen LogP contribution >= 0.6 is 0 Å². The number of nitrogens with one attached hydrogen (secondary N) is 1. The van der Waals surface area contributed by atoms with Gasteiger partial charge in [0, 0.05) is 13.2 Å². The Labute approximate surface area is 116 Å². The average Bonchev–Trinajstić information content (AvgIpc) is 2.41. The zero-order chi connectivity index (χ0) is 15.0. The minimum atomic E-state index is -4.44. The number of hydrogen-bond acceptors (Lipinski definition) is 3. The van der Waals surface area contributed by atoms with Gasteiger partial charge in [-0.15, -0.1) is 0 Å². The smallest absolute Gasteiger partial charge is 0.396 e. The number of rotatable bonds is 7. The van der Waals surface area contributed by atoms with E-state index in [0.29, 0.717) is 12.2 Å². The molecule has 0 saturated heterocycles. The highest BCUT2D eigenvalue weighted by atomic mass is 19.4.